The van der Waals surface area contributed by atoms with E-state index in [-0.39, 0.29) is 6.03 Å². The van der Waals surface area contributed by atoms with Gasteiger partial charge in [0.1, 0.15) is 0 Å². The van der Waals surface area contributed by atoms with Crippen molar-refractivity contribution < 1.29 is 4.79 Å². The lowest BCUT2D eigenvalue weighted by Gasteiger charge is -2.35. The molecular weight excluding hydrogens is 212 g/mol. The molecule has 1 unspecified atom stereocenters. The summed E-state index contributed by atoms with van der Waals surface area (Å²) >= 11 is 0. The lowest BCUT2D eigenvalue weighted by molar-refractivity contribution is 0.190. The molecule has 2 fully saturated rings. The summed E-state index contributed by atoms with van der Waals surface area (Å²) in [6, 6.07) is 0.853. The average molecular weight is 238 g/mol. The second kappa shape index (κ2) is 5.28. The van der Waals surface area contributed by atoms with Crippen LogP contribution in [0.2, 0.25) is 0 Å². The van der Waals surface area contributed by atoms with Gasteiger partial charge in [-0.05, 0) is 37.5 Å². The smallest absolute Gasteiger partial charge is 0.315 e. The second-order valence-corrected chi connectivity index (χ2v) is 6.56. The highest BCUT2D eigenvalue weighted by atomic mass is 16.2. The van der Waals surface area contributed by atoms with Gasteiger partial charge in [-0.1, -0.05) is 33.1 Å². The third kappa shape index (κ3) is 3.90. The Morgan fingerprint density at radius 3 is 2.24 bits per heavy atom. The van der Waals surface area contributed by atoms with Crippen LogP contribution < -0.4 is 10.6 Å². The van der Waals surface area contributed by atoms with Crippen LogP contribution in [-0.4, -0.2) is 18.1 Å². The Balaban J connectivity index is 1.74. The van der Waals surface area contributed by atoms with E-state index < -0.39 is 0 Å². The Morgan fingerprint density at radius 1 is 1.00 bits per heavy atom. The zero-order chi connectivity index (χ0) is 12.3. The van der Waals surface area contributed by atoms with Crippen LogP contribution in [0.4, 0.5) is 4.79 Å². The van der Waals surface area contributed by atoms with E-state index in [1.807, 2.05) is 0 Å². The molecule has 98 valence electrons. The largest absolute Gasteiger partial charge is 0.335 e. The highest BCUT2D eigenvalue weighted by Gasteiger charge is 2.29. The van der Waals surface area contributed by atoms with Crippen molar-refractivity contribution in [2.75, 3.05) is 0 Å². The quantitative estimate of drug-likeness (QED) is 0.762. The minimum atomic E-state index is 0.0552. The van der Waals surface area contributed by atoms with E-state index >= 15 is 0 Å². The van der Waals surface area contributed by atoms with Crippen LogP contribution in [0.25, 0.3) is 0 Å². The molecule has 0 aromatic carbocycles. The van der Waals surface area contributed by atoms with Crippen LogP contribution in [0, 0.1) is 5.41 Å². The number of nitrogens with one attached hydrogen (secondary N) is 2. The summed E-state index contributed by atoms with van der Waals surface area (Å²) in [5.41, 5.74) is 0.392. The SMILES string of the molecule is CC1(C)CCCC(NC(=O)NC2CCCC2)C1. The Labute approximate surface area is 105 Å². The van der Waals surface area contributed by atoms with Crippen LogP contribution in [0.3, 0.4) is 0 Å². The molecular formula is C14H26N2O. The maximum Gasteiger partial charge on any atom is 0.315 e. The molecule has 0 saturated heterocycles. The van der Waals surface area contributed by atoms with Crippen LogP contribution in [0.5, 0.6) is 0 Å². The molecule has 2 N–H and O–H groups in total. The van der Waals surface area contributed by atoms with Gasteiger partial charge in [-0.3, -0.25) is 0 Å². The van der Waals surface area contributed by atoms with Crippen LogP contribution in [0.15, 0.2) is 0 Å². The Hall–Kier alpha value is -0.730. The molecule has 0 heterocycles. The fraction of sp³-hybridized carbons (Fsp3) is 0.929. The van der Waals surface area contributed by atoms with E-state index in [1.54, 1.807) is 0 Å². The minimum Gasteiger partial charge on any atom is -0.335 e. The molecule has 2 aliphatic carbocycles. The van der Waals surface area contributed by atoms with Crippen molar-refractivity contribution >= 4 is 6.03 Å². The van der Waals surface area contributed by atoms with Gasteiger partial charge in [-0.25, -0.2) is 4.79 Å². The molecule has 0 aromatic heterocycles. The molecule has 3 heteroatoms. The van der Waals surface area contributed by atoms with Gasteiger partial charge < -0.3 is 10.6 Å². The molecule has 1 atom stereocenters. The van der Waals surface area contributed by atoms with Gasteiger partial charge in [0.05, 0.1) is 0 Å². The molecule has 0 radical (unpaired) electrons. The van der Waals surface area contributed by atoms with E-state index in [0.717, 1.165) is 25.7 Å². The summed E-state index contributed by atoms with van der Waals surface area (Å²) in [5, 5.41) is 6.25. The number of urea groups is 1. The number of hydrogen-bond acceptors (Lipinski definition) is 1. The standard InChI is InChI=1S/C14H26N2O/c1-14(2)9-5-8-12(10-14)16-13(17)15-11-6-3-4-7-11/h11-12H,3-10H2,1-2H3,(H2,15,16,17). The van der Waals surface area contributed by atoms with Gasteiger partial charge in [-0.2, -0.15) is 0 Å². The lowest BCUT2D eigenvalue weighted by atomic mass is 9.75. The van der Waals surface area contributed by atoms with Crippen molar-refractivity contribution in [2.24, 2.45) is 5.41 Å². The maximum atomic E-state index is 11.9. The summed E-state index contributed by atoms with van der Waals surface area (Å²) in [6.45, 7) is 4.60. The maximum absolute atomic E-state index is 11.9. The first kappa shape index (κ1) is 12.7. The fourth-order valence-electron chi connectivity index (χ4n) is 3.30. The topological polar surface area (TPSA) is 41.1 Å². The van der Waals surface area contributed by atoms with Gasteiger partial charge in [-0.15, -0.1) is 0 Å². The molecule has 2 rings (SSSR count). The van der Waals surface area contributed by atoms with Gasteiger partial charge >= 0.3 is 6.03 Å². The van der Waals surface area contributed by atoms with E-state index in [0.29, 0.717) is 17.5 Å². The van der Waals surface area contributed by atoms with Crippen LogP contribution >= 0.6 is 0 Å². The van der Waals surface area contributed by atoms with Crippen LogP contribution in [-0.2, 0) is 0 Å². The van der Waals surface area contributed by atoms with Crippen molar-refractivity contribution in [1.29, 1.82) is 0 Å². The van der Waals surface area contributed by atoms with Crippen molar-refractivity contribution in [3.63, 3.8) is 0 Å². The number of hydrogen-bond donors (Lipinski definition) is 2. The zero-order valence-corrected chi connectivity index (χ0v) is 11.2. The predicted molar refractivity (Wildman–Crippen MR) is 70.0 cm³/mol. The molecule has 0 aromatic rings. The first-order valence-corrected chi connectivity index (χ1v) is 7.12. The average Bonchev–Trinajstić information content (AvgIpc) is 2.68. The summed E-state index contributed by atoms with van der Waals surface area (Å²) < 4.78 is 0. The number of carbonyl (C=O) groups is 1. The summed E-state index contributed by atoms with van der Waals surface area (Å²) in [7, 11) is 0. The van der Waals surface area contributed by atoms with E-state index in [2.05, 4.69) is 24.5 Å². The molecule has 2 aliphatic rings. The summed E-state index contributed by atoms with van der Waals surface area (Å²) in [6.07, 6.45) is 9.62. The monoisotopic (exact) mass is 238 g/mol. The van der Waals surface area contributed by atoms with Gasteiger partial charge in [0, 0.05) is 12.1 Å². The number of amides is 2. The molecule has 0 spiro atoms. The molecule has 0 aliphatic heterocycles. The zero-order valence-electron chi connectivity index (χ0n) is 11.2. The highest BCUT2D eigenvalue weighted by Crippen LogP contribution is 2.35. The van der Waals surface area contributed by atoms with E-state index in [9.17, 15) is 4.79 Å². The molecule has 2 amide bonds. The Kier molecular flexibility index (Phi) is 3.95. The predicted octanol–water partition coefficient (Wildman–Crippen LogP) is 3.20. The summed E-state index contributed by atoms with van der Waals surface area (Å²) in [4.78, 5) is 11.9. The second-order valence-electron chi connectivity index (χ2n) is 6.56. The van der Waals surface area contributed by atoms with Gasteiger partial charge in [0.25, 0.3) is 0 Å². The van der Waals surface area contributed by atoms with E-state index in [4.69, 9.17) is 0 Å². The third-order valence-electron chi connectivity index (χ3n) is 4.23. The number of carbonyl (C=O) groups excluding carboxylic acids is 1. The van der Waals surface area contributed by atoms with Crippen molar-refractivity contribution in [3.8, 4) is 0 Å². The van der Waals surface area contributed by atoms with Crippen molar-refractivity contribution in [2.45, 2.75) is 77.3 Å². The minimum absolute atomic E-state index is 0.0552. The normalized spacial score (nSPS) is 28.9. The van der Waals surface area contributed by atoms with Crippen LogP contribution in [0.1, 0.15) is 65.2 Å². The van der Waals surface area contributed by atoms with Gasteiger partial charge in [0.15, 0.2) is 0 Å². The first-order valence-electron chi connectivity index (χ1n) is 7.12. The number of rotatable bonds is 2. The molecule has 2 saturated carbocycles. The first-order chi connectivity index (χ1) is 8.05. The Morgan fingerprint density at radius 2 is 1.59 bits per heavy atom. The molecule has 3 nitrogen and oxygen atoms in total. The van der Waals surface area contributed by atoms with E-state index in [1.165, 1.54) is 25.7 Å². The fourth-order valence-corrected chi connectivity index (χ4v) is 3.30. The Bertz CT molecular complexity index is 269. The molecule has 0 bridgehead atoms. The van der Waals surface area contributed by atoms with Crippen molar-refractivity contribution in [3.05, 3.63) is 0 Å². The lowest BCUT2D eigenvalue weighted by Crippen LogP contribution is -2.47. The summed E-state index contributed by atoms with van der Waals surface area (Å²) in [5.74, 6) is 0. The van der Waals surface area contributed by atoms with Gasteiger partial charge in [0.2, 0.25) is 0 Å². The third-order valence-corrected chi connectivity index (χ3v) is 4.23. The highest BCUT2D eigenvalue weighted by molar-refractivity contribution is 5.74. The van der Waals surface area contributed by atoms with Crippen molar-refractivity contribution in [1.82, 2.24) is 10.6 Å². The molecule has 17 heavy (non-hydrogen) atoms.